The zero-order valence-corrected chi connectivity index (χ0v) is 15.2. The maximum absolute atomic E-state index is 11.3. The van der Waals surface area contributed by atoms with Gasteiger partial charge in [-0.2, -0.15) is 0 Å². The quantitative estimate of drug-likeness (QED) is 0.269. The normalized spacial score (nSPS) is 38.7. The number of rotatable bonds is 14. The average Bonchev–Trinajstić information content (AvgIpc) is 3.47. The maximum atomic E-state index is 11.3. The van der Waals surface area contributed by atoms with Crippen LogP contribution in [0.1, 0.15) is 84.0 Å². The van der Waals surface area contributed by atoms with Crippen molar-refractivity contribution in [3.8, 4) is 0 Å². The summed E-state index contributed by atoms with van der Waals surface area (Å²) in [4.78, 5) is 11.3. The molecule has 0 amide bonds. The Hall–Kier alpha value is -0.690. The van der Waals surface area contributed by atoms with Gasteiger partial charge in [0.1, 0.15) is 6.10 Å². The predicted molar refractivity (Wildman–Crippen MR) is 88.4 cm³/mol. The molecular weight excluding hydrogens is 324 g/mol. The smallest absolute Gasteiger partial charge is 0.355 e. The van der Waals surface area contributed by atoms with Gasteiger partial charge in [0.15, 0.2) is 0 Å². The molecule has 4 heterocycles. The first-order valence-electron chi connectivity index (χ1n) is 10.1. The first-order chi connectivity index (χ1) is 12.2. The molecular formula is C19H30O6. The Kier molecular flexibility index (Phi) is 4.82. The summed E-state index contributed by atoms with van der Waals surface area (Å²) in [6.07, 6.45) is 13.6. The summed E-state index contributed by atoms with van der Waals surface area (Å²) in [6, 6.07) is 0. The third kappa shape index (κ3) is 3.11. The van der Waals surface area contributed by atoms with Crippen molar-refractivity contribution in [2.24, 2.45) is 0 Å². The van der Waals surface area contributed by atoms with Crippen molar-refractivity contribution in [1.82, 2.24) is 0 Å². The molecule has 0 aromatic heterocycles. The predicted octanol–water partition coefficient (Wildman–Crippen LogP) is 3.77. The summed E-state index contributed by atoms with van der Waals surface area (Å²) in [7, 11) is 0. The second-order valence-electron chi connectivity index (χ2n) is 7.69. The zero-order chi connectivity index (χ0) is 17.4. The molecule has 0 bridgehead atoms. The van der Waals surface area contributed by atoms with Gasteiger partial charge in [-0.25, -0.2) is 0 Å². The third-order valence-corrected chi connectivity index (χ3v) is 5.62. The van der Waals surface area contributed by atoms with Gasteiger partial charge in [-0.3, -0.25) is 19.0 Å². The van der Waals surface area contributed by atoms with Gasteiger partial charge in [-0.05, 0) is 19.3 Å². The second-order valence-corrected chi connectivity index (χ2v) is 7.69. The Labute approximate surface area is 149 Å². The Morgan fingerprint density at radius 2 is 1.56 bits per heavy atom. The van der Waals surface area contributed by atoms with Crippen LogP contribution in [-0.4, -0.2) is 36.2 Å². The van der Waals surface area contributed by atoms with Crippen LogP contribution >= 0.6 is 0 Å². The van der Waals surface area contributed by atoms with Crippen molar-refractivity contribution in [3.05, 3.63) is 0 Å². The van der Waals surface area contributed by atoms with E-state index in [2.05, 4.69) is 0 Å². The van der Waals surface area contributed by atoms with Gasteiger partial charge in [-0.1, -0.05) is 58.3 Å². The molecule has 0 saturated carbocycles. The standard InChI is InChI=1S/C19H30O6/c1-2-14-21-16(20)13-11-9-7-5-3-4-6-8-10-12-15-17(22-15)18-19(23-17,24-18)25-18/h15H,2-14H2,1H3. The lowest BCUT2D eigenvalue weighted by molar-refractivity contribution is -0.166. The molecule has 25 heavy (non-hydrogen) atoms. The van der Waals surface area contributed by atoms with Crippen LogP contribution in [0.2, 0.25) is 0 Å². The molecule has 6 nitrogen and oxygen atoms in total. The van der Waals surface area contributed by atoms with Crippen molar-refractivity contribution >= 4 is 5.97 Å². The van der Waals surface area contributed by atoms with Crippen molar-refractivity contribution < 1.29 is 28.5 Å². The molecule has 4 rings (SSSR count). The molecule has 2 atom stereocenters. The Balaban J connectivity index is 0.897. The summed E-state index contributed by atoms with van der Waals surface area (Å²) in [5.41, 5.74) is 0. The lowest BCUT2D eigenvalue weighted by Gasteiger charge is -2.10. The van der Waals surface area contributed by atoms with Crippen molar-refractivity contribution in [2.75, 3.05) is 6.61 Å². The van der Waals surface area contributed by atoms with Crippen LogP contribution in [0.5, 0.6) is 0 Å². The summed E-state index contributed by atoms with van der Waals surface area (Å²) < 4.78 is 26.9. The number of unbranched alkanes of at least 4 members (excludes halogenated alkanes) is 8. The fourth-order valence-corrected chi connectivity index (χ4v) is 3.95. The lowest BCUT2D eigenvalue weighted by Crippen LogP contribution is -2.39. The molecule has 2 unspecified atom stereocenters. The Bertz CT molecular complexity index is 500. The number of carbonyl (C=O) groups excluding carboxylic acids is 1. The number of hydrogen-bond acceptors (Lipinski definition) is 6. The Morgan fingerprint density at radius 1 is 0.920 bits per heavy atom. The van der Waals surface area contributed by atoms with E-state index < -0.39 is 17.5 Å². The van der Waals surface area contributed by atoms with Gasteiger partial charge in [0.05, 0.1) is 6.61 Å². The van der Waals surface area contributed by atoms with Crippen LogP contribution in [0.15, 0.2) is 0 Å². The Morgan fingerprint density at radius 3 is 2.12 bits per heavy atom. The van der Waals surface area contributed by atoms with Crippen LogP contribution in [0.3, 0.4) is 0 Å². The first-order valence-corrected chi connectivity index (χ1v) is 10.1. The highest BCUT2D eigenvalue weighted by Gasteiger charge is 3.16. The summed E-state index contributed by atoms with van der Waals surface area (Å²) >= 11 is 0. The van der Waals surface area contributed by atoms with Crippen LogP contribution in [-0.2, 0) is 28.5 Å². The van der Waals surface area contributed by atoms with Gasteiger partial charge in [0.25, 0.3) is 5.79 Å². The minimum absolute atomic E-state index is 0.0395. The van der Waals surface area contributed by atoms with E-state index in [1.807, 2.05) is 6.92 Å². The maximum Gasteiger partial charge on any atom is 0.355 e. The molecule has 0 aliphatic carbocycles. The van der Waals surface area contributed by atoms with Crippen molar-refractivity contribution in [2.45, 2.75) is 108 Å². The van der Waals surface area contributed by atoms with Gasteiger partial charge in [0.2, 0.25) is 0 Å². The number of hydrogen-bond donors (Lipinski definition) is 0. The van der Waals surface area contributed by atoms with Crippen molar-refractivity contribution in [3.63, 3.8) is 0 Å². The lowest BCUT2D eigenvalue weighted by atomic mass is 10.0. The van der Waals surface area contributed by atoms with E-state index in [0.717, 1.165) is 25.7 Å². The molecule has 0 radical (unpaired) electrons. The highest BCUT2D eigenvalue weighted by Crippen LogP contribution is 2.88. The highest BCUT2D eigenvalue weighted by atomic mass is 17.2. The van der Waals surface area contributed by atoms with Gasteiger partial charge < -0.3 is 9.47 Å². The number of carbonyl (C=O) groups is 1. The van der Waals surface area contributed by atoms with E-state index in [4.69, 9.17) is 23.7 Å². The van der Waals surface area contributed by atoms with E-state index in [0.29, 0.717) is 13.0 Å². The molecule has 1 spiro atoms. The summed E-state index contributed by atoms with van der Waals surface area (Å²) in [5, 5.41) is 0. The van der Waals surface area contributed by atoms with Gasteiger partial charge in [0, 0.05) is 6.42 Å². The van der Waals surface area contributed by atoms with Gasteiger partial charge >= 0.3 is 17.7 Å². The molecule has 0 aromatic carbocycles. The minimum atomic E-state index is -0.655. The first kappa shape index (κ1) is 17.7. The molecule has 4 aliphatic rings. The van der Waals surface area contributed by atoms with Crippen LogP contribution < -0.4 is 0 Å². The molecule has 0 N–H and O–H groups in total. The molecule has 4 aliphatic heterocycles. The fourth-order valence-electron chi connectivity index (χ4n) is 3.95. The van der Waals surface area contributed by atoms with E-state index >= 15 is 0 Å². The molecule has 4 saturated heterocycles. The largest absolute Gasteiger partial charge is 0.466 e. The van der Waals surface area contributed by atoms with E-state index in [-0.39, 0.29) is 12.1 Å². The average molecular weight is 354 g/mol. The third-order valence-electron chi connectivity index (χ3n) is 5.62. The number of ether oxygens (including phenoxy) is 5. The second kappa shape index (κ2) is 6.80. The van der Waals surface area contributed by atoms with Gasteiger partial charge in [-0.15, -0.1) is 0 Å². The fraction of sp³-hybridized carbons (Fsp3) is 0.947. The number of epoxide rings is 3. The highest BCUT2D eigenvalue weighted by molar-refractivity contribution is 5.69. The summed E-state index contributed by atoms with van der Waals surface area (Å²) in [6.45, 7) is 2.57. The number of esters is 1. The van der Waals surface area contributed by atoms with Crippen LogP contribution in [0.4, 0.5) is 0 Å². The SMILES string of the molecule is CCCOC(=O)CCCCCCCCCCCC1OC12OC13OC12O3. The van der Waals surface area contributed by atoms with Crippen LogP contribution in [0.25, 0.3) is 0 Å². The molecule has 142 valence electrons. The molecule has 6 heteroatoms. The van der Waals surface area contributed by atoms with E-state index in [9.17, 15) is 4.79 Å². The van der Waals surface area contributed by atoms with Crippen LogP contribution in [0, 0.1) is 0 Å². The van der Waals surface area contributed by atoms with Crippen molar-refractivity contribution in [1.29, 1.82) is 0 Å². The van der Waals surface area contributed by atoms with E-state index in [1.165, 1.54) is 44.9 Å². The zero-order valence-electron chi connectivity index (χ0n) is 15.2. The summed E-state index contributed by atoms with van der Waals surface area (Å²) in [5.74, 6) is -1.69. The topological polar surface area (TPSA) is 73.1 Å². The molecule has 0 aromatic rings. The van der Waals surface area contributed by atoms with E-state index in [1.54, 1.807) is 0 Å². The minimum Gasteiger partial charge on any atom is -0.466 e. The molecule has 4 fully saturated rings. The monoisotopic (exact) mass is 354 g/mol.